The first kappa shape index (κ1) is 10.4. The largest absolute Gasteiger partial charge is 0.394 e. The molecule has 66 valence electrons. The fourth-order valence-corrected chi connectivity index (χ4v) is 1.73. The molecular formula is C10H9NOW. The molecule has 0 radical (unpaired) electrons. The van der Waals surface area contributed by atoms with Gasteiger partial charge in [-0.3, -0.25) is 0 Å². The Morgan fingerprint density at radius 2 is 2.15 bits per heavy atom. The minimum atomic E-state index is -0.601. The van der Waals surface area contributed by atoms with Gasteiger partial charge in [-0.25, -0.2) is 0 Å². The second kappa shape index (κ2) is 3.62. The van der Waals surface area contributed by atoms with E-state index in [0.29, 0.717) is 6.42 Å². The minimum Gasteiger partial charge on any atom is -0.394 e. The van der Waals surface area contributed by atoms with Crippen LogP contribution in [0.4, 0.5) is 0 Å². The fourth-order valence-electron chi connectivity index (χ4n) is 1.73. The van der Waals surface area contributed by atoms with Crippen LogP contribution < -0.4 is 0 Å². The van der Waals surface area contributed by atoms with Crippen molar-refractivity contribution in [3.63, 3.8) is 0 Å². The molecule has 1 aromatic rings. The first-order valence-corrected chi connectivity index (χ1v) is 3.93. The average Bonchev–Trinajstić information content (AvgIpc) is 2.09. The number of nitrogens with zero attached hydrogens (tertiary/aromatic N) is 1. The van der Waals surface area contributed by atoms with E-state index in [2.05, 4.69) is 6.07 Å². The smallest absolute Gasteiger partial charge is 0.109 e. The summed E-state index contributed by atoms with van der Waals surface area (Å²) >= 11 is 0. The van der Waals surface area contributed by atoms with Crippen LogP contribution in [0.1, 0.15) is 11.1 Å². The van der Waals surface area contributed by atoms with Crippen LogP contribution in [0.25, 0.3) is 0 Å². The third-order valence-corrected chi connectivity index (χ3v) is 2.51. The maximum absolute atomic E-state index is 9.06. The molecule has 0 amide bonds. The summed E-state index contributed by atoms with van der Waals surface area (Å²) in [6.07, 6.45) is 0.691. The molecule has 0 aromatic heterocycles. The Morgan fingerprint density at radius 1 is 1.46 bits per heavy atom. The molecule has 0 heterocycles. The van der Waals surface area contributed by atoms with Crippen molar-refractivity contribution in [1.82, 2.24) is 0 Å². The summed E-state index contributed by atoms with van der Waals surface area (Å²) in [5.41, 5.74) is 1.58. The Balaban J connectivity index is 0.000000845. The molecule has 3 heteroatoms. The molecule has 0 fully saturated rings. The molecule has 1 aliphatic carbocycles. The molecule has 0 spiro atoms. The zero-order chi connectivity index (χ0) is 8.60. The summed E-state index contributed by atoms with van der Waals surface area (Å²) in [5.74, 6) is 0. The third kappa shape index (κ3) is 1.33. The van der Waals surface area contributed by atoms with Gasteiger partial charge in [0.15, 0.2) is 0 Å². The van der Waals surface area contributed by atoms with Crippen LogP contribution in [0.5, 0.6) is 0 Å². The van der Waals surface area contributed by atoms with E-state index in [1.807, 2.05) is 24.3 Å². The molecule has 0 saturated heterocycles. The van der Waals surface area contributed by atoms with Gasteiger partial charge in [-0.2, -0.15) is 5.26 Å². The molecule has 1 unspecified atom stereocenters. The van der Waals surface area contributed by atoms with E-state index in [-0.39, 0.29) is 27.7 Å². The third-order valence-electron chi connectivity index (χ3n) is 2.51. The van der Waals surface area contributed by atoms with Gasteiger partial charge in [0.1, 0.15) is 5.41 Å². The van der Waals surface area contributed by atoms with Crippen LogP contribution in [-0.2, 0) is 32.9 Å². The first-order valence-electron chi connectivity index (χ1n) is 3.93. The number of aliphatic hydroxyl groups is 1. The Labute approximate surface area is 91.5 Å². The van der Waals surface area contributed by atoms with E-state index in [1.54, 1.807) is 0 Å². The molecule has 1 aromatic carbocycles. The van der Waals surface area contributed by atoms with Gasteiger partial charge >= 0.3 is 0 Å². The summed E-state index contributed by atoms with van der Waals surface area (Å²) in [6.45, 7) is -0.0689. The number of benzene rings is 1. The maximum atomic E-state index is 9.06. The summed E-state index contributed by atoms with van der Waals surface area (Å²) in [4.78, 5) is 0. The average molecular weight is 343 g/mol. The van der Waals surface area contributed by atoms with E-state index in [4.69, 9.17) is 10.4 Å². The Hall–Kier alpha value is -0.642. The number of fused-ring (bicyclic) bond motifs is 1. The van der Waals surface area contributed by atoms with Gasteiger partial charge in [-0.15, -0.1) is 0 Å². The predicted molar refractivity (Wildman–Crippen MR) is 44.5 cm³/mol. The van der Waals surface area contributed by atoms with Crippen molar-refractivity contribution in [2.45, 2.75) is 11.8 Å². The van der Waals surface area contributed by atoms with Crippen molar-refractivity contribution in [2.75, 3.05) is 6.61 Å². The Morgan fingerprint density at radius 3 is 2.69 bits per heavy atom. The van der Waals surface area contributed by atoms with Gasteiger partial charge in [0.25, 0.3) is 0 Å². The van der Waals surface area contributed by atoms with Gasteiger partial charge in [0, 0.05) is 21.1 Å². The summed E-state index contributed by atoms with van der Waals surface area (Å²) in [6, 6.07) is 9.94. The maximum Gasteiger partial charge on any atom is 0.109 e. The van der Waals surface area contributed by atoms with Crippen molar-refractivity contribution >= 4 is 0 Å². The molecular weight excluding hydrogens is 334 g/mol. The van der Waals surface area contributed by atoms with Crippen LogP contribution in [0.3, 0.4) is 0 Å². The monoisotopic (exact) mass is 343 g/mol. The van der Waals surface area contributed by atoms with Gasteiger partial charge in [0.05, 0.1) is 12.7 Å². The van der Waals surface area contributed by atoms with Gasteiger partial charge in [-0.05, 0) is 17.5 Å². The van der Waals surface area contributed by atoms with Crippen molar-refractivity contribution in [2.24, 2.45) is 0 Å². The standard InChI is InChI=1S/C10H9NO.W/c11-6-10(7-12)5-8-3-1-2-4-9(8)10;/h1-4,12H,5,7H2;. The normalized spacial score (nSPS) is 23.4. The van der Waals surface area contributed by atoms with Crippen LogP contribution >= 0.6 is 0 Å². The molecule has 2 nitrogen and oxygen atoms in total. The second-order valence-electron chi connectivity index (χ2n) is 3.19. The quantitative estimate of drug-likeness (QED) is 0.827. The van der Waals surface area contributed by atoms with Gasteiger partial charge in [0.2, 0.25) is 0 Å². The summed E-state index contributed by atoms with van der Waals surface area (Å²) in [5, 5.41) is 17.9. The molecule has 1 N–H and O–H groups in total. The van der Waals surface area contributed by atoms with Crippen LogP contribution in [0.2, 0.25) is 0 Å². The minimum absolute atomic E-state index is 0. The van der Waals surface area contributed by atoms with Gasteiger partial charge in [-0.1, -0.05) is 24.3 Å². The van der Waals surface area contributed by atoms with E-state index < -0.39 is 5.41 Å². The molecule has 0 bridgehead atoms. The zero-order valence-electron chi connectivity index (χ0n) is 7.03. The van der Waals surface area contributed by atoms with E-state index in [9.17, 15) is 0 Å². The number of nitriles is 1. The SMILES string of the molecule is N#CC1(CO)Cc2ccccc21.[W]. The fraction of sp³-hybridized carbons (Fsp3) is 0.300. The molecule has 1 atom stereocenters. The Bertz CT molecular complexity index is 358. The number of rotatable bonds is 1. The van der Waals surface area contributed by atoms with Crippen LogP contribution in [-0.4, -0.2) is 11.7 Å². The number of aliphatic hydroxyl groups excluding tert-OH is 1. The second-order valence-corrected chi connectivity index (χ2v) is 3.19. The van der Waals surface area contributed by atoms with Crippen molar-refractivity contribution in [3.8, 4) is 6.07 Å². The van der Waals surface area contributed by atoms with Crippen molar-refractivity contribution in [1.29, 1.82) is 5.26 Å². The zero-order valence-corrected chi connectivity index (χ0v) is 9.96. The van der Waals surface area contributed by atoms with Crippen LogP contribution in [0.15, 0.2) is 24.3 Å². The Kier molecular flexibility index (Phi) is 2.90. The predicted octanol–water partition coefficient (Wildman–Crippen LogP) is 0.994. The van der Waals surface area contributed by atoms with E-state index in [1.165, 1.54) is 5.56 Å². The first-order chi connectivity index (χ1) is 5.82. The number of hydrogen-bond donors (Lipinski definition) is 1. The van der Waals surface area contributed by atoms with Crippen molar-refractivity contribution in [3.05, 3.63) is 35.4 Å². The molecule has 0 saturated carbocycles. The summed E-state index contributed by atoms with van der Waals surface area (Å²) < 4.78 is 0. The molecule has 2 rings (SSSR count). The van der Waals surface area contributed by atoms with E-state index in [0.717, 1.165) is 5.56 Å². The number of hydrogen-bond acceptors (Lipinski definition) is 2. The summed E-state index contributed by atoms with van der Waals surface area (Å²) in [7, 11) is 0. The van der Waals surface area contributed by atoms with Crippen LogP contribution in [0, 0.1) is 11.3 Å². The van der Waals surface area contributed by atoms with Crippen molar-refractivity contribution < 1.29 is 26.2 Å². The molecule has 0 aliphatic heterocycles. The van der Waals surface area contributed by atoms with E-state index >= 15 is 0 Å². The topological polar surface area (TPSA) is 44.0 Å². The molecule has 1 aliphatic rings. The van der Waals surface area contributed by atoms with Gasteiger partial charge < -0.3 is 5.11 Å². The molecule has 13 heavy (non-hydrogen) atoms.